The fourth-order valence-electron chi connectivity index (χ4n) is 8.60. The Morgan fingerprint density at radius 1 is 0.292 bits per heavy atom. The maximum absolute atomic E-state index is 5.02. The summed E-state index contributed by atoms with van der Waals surface area (Å²) in [6, 6.07) is 80.9. The molecule has 9 aromatic carbocycles. The van der Waals surface area contributed by atoms with Crippen molar-refractivity contribution < 1.29 is 0 Å². The summed E-state index contributed by atoms with van der Waals surface area (Å²) >= 11 is 0. The molecule has 5 heteroatoms. The van der Waals surface area contributed by atoms with E-state index in [9.17, 15) is 0 Å². The summed E-state index contributed by atoms with van der Waals surface area (Å²) in [5.74, 6) is 2.97. The van der Waals surface area contributed by atoms with E-state index in [1.54, 1.807) is 0 Å². The van der Waals surface area contributed by atoms with Crippen molar-refractivity contribution in [2.75, 3.05) is 0 Å². The van der Waals surface area contributed by atoms with Crippen LogP contribution in [-0.4, -0.2) is 24.5 Å². The van der Waals surface area contributed by atoms with Gasteiger partial charge >= 0.3 is 0 Å². The van der Waals surface area contributed by atoms with Crippen molar-refractivity contribution in [2.24, 2.45) is 0 Å². The summed E-state index contributed by atoms with van der Waals surface area (Å²) in [7, 11) is 0. The van der Waals surface area contributed by atoms with Gasteiger partial charge in [0.15, 0.2) is 17.5 Å². The van der Waals surface area contributed by atoms with Gasteiger partial charge in [-0.2, -0.15) is 0 Å². The molecule has 0 N–H and O–H groups in total. The van der Waals surface area contributed by atoms with E-state index in [0.717, 1.165) is 67.9 Å². The molecule has 0 atom stereocenters. The molecule has 0 aliphatic heterocycles. The number of hydrogen-bond acceptors (Lipinski definition) is 4. The molecule has 2 heterocycles. The molecule has 0 saturated heterocycles. The summed E-state index contributed by atoms with van der Waals surface area (Å²) in [4.78, 5) is 19.9. The number of fused-ring (bicyclic) bond motifs is 1. The standard InChI is InChI=1S/C60H43N5/c1-2-57-61-55-38-35-52(42-15-8-4-9-16-42)40-56(55)65(57)54-36-33-48(34-37-54)46-27-25-44(26-28-46)43-21-23-45(24-22-43)47-29-31-50(32-30-47)59-62-58(49-17-10-5-11-18-49)63-60(64-59)53-20-12-19-51(39-53)41-13-6-3-7-14-41/h3-40H,2H2,1H3. The third-order valence-electron chi connectivity index (χ3n) is 12.1. The lowest BCUT2D eigenvalue weighted by molar-refractivity contribution is 0.908. The van der Waals surface area contributed by atoms with Crippen LogP contribution >= 0.6 is 0 Å². The molecule has 0 saturated carbocycles. The van der Waals surface area contributed by atoms with Crippen LogP contribution in [0.4, 0.5) is 0 Å². The molecule has 65 heavy (non-hydrogen) atoms. The van der Waals surface area contributed by atoms with Crippen molar-refractivity contribution >= 4 is 11.0 Å². The van der Waals surface area contributed by atoms with Crippen LogP contribution in [0.3, 0.4) is 0 Å². The van der Waals surface area contributed by atoms with Crippen molar-refractivity contribution in [3.63, 3.8) is 0 Å². The van der Waals surface area contributed by atoms with Crippen LogP contribution in [0.2, 0.25) is 0 Å². The van der Waals surface area contributed by atoms with Crippen molar-refractivity contribution in [3.8, 4) is 95.5 Å². The Labute approximate surface area is 379 Å². The average Bonchev–Trinajstić information content (AvgIpc) is 3.78. The van der Waals surface area contributed by atoms with Gasteiger partial charge in [0.25, 0.3) is 0 Å². The number of nitrogens with zero attached hydrogens (tertiary/aromatic N) is 5. The third kappa shape index (κ3) is 8.03. The highest BCUT2D eigenvalue weighted by Crippen LogP contribution is 2.33. The van der Waals surface area contributed by atoms with E-state index in [1.807, 2.05) is 36.4 Å². The summed E-state index contributed by atoms with van der Waals surface area (Å²) in [6.45, 7) is 2.17. The van der Waals surface area contributed by atoms with Crippen molar-refractivity contribution in [3.05, 3.63) is 236 Å². The van der Waals surface area contributed by atoms with Crippen molar-refractivity contribution in [2.45, 2.75) is 13.3 Å². The zero-order valence-corrected chi connectivity index (χ0v) is 35.9. The molecule has 0 spiro atoms. The number of hydrogen-bond donors (Lipinski definition) is 0. The highest BCUT2D eigenvalue weighted by molar-refractivity contribution is 5.85. The van der Waals surface area contributed by atoms with Crippen LogP contribution in [0.5, 0.6) is 0 Å². The fraction of sp³-hybridized carbons (Fsp3) is 0.0333. The molecule has 11 rings (SSSR count). The second-order valence-corrected chi connectivity index (χ2v) is 16.2. The lowest BCUT2D eigenvalue weighted by atomic mass is 9.97. The first-order chi connectivity index (χ1) is 32.1. The molecular weight excluding hydrogens is 791 g/mol. The summed E-state index contributed by atoms with van der Waals surface area (Å²) < 4.78 is 2.30. The van der Waals surface area contributed by atoms with E-state index in [-0.39, 0.29) is 0 Å². The average molecular weight is 834 g/mol. The first-order valence-corrected chi connectivity index (χ1v) is 22.1. The minimum atomic E-state index is 0.635. The van der Waals surface area contributed by atoms with Gasteiger partial charge in [0, 0.05) is 28.8 Å². The van der Waals surface area contributed by atoms with E-state index < -0.39 is 0 Å². The Morgan fingerprint density at radius 3 is 1.11 bits per heavy atom. The number of imidazole rings is 1. The maximum atomic E-state index is 5.02. The molecular formula is C60H43N5. The van der Waals surface area contributed by atoms with Gasteiger partial charge < -0.3 is 0 Å². The largest absolute Gasteiger partial charge is 0.296 e. The second kappa shape index (κ2) is 17.3. The van der Waals surface area contributed by atoms with E-state index in [4.69, 9.17) is 19.9 Å². The lowest BCUT2D eigenvalue weighted by Crippen LogP contribution is -2.00. The summed E-state index contributed by atoms with van der Waals surface area (Å²) in [5.41, 5.74) is 17.7. The molecule has 0 radical (unpaired) electrons. The summed E-state index contributed by atoms with van der Waals surface area (Å²) in [5, 5.41) is 0. The molecule has 0 aliphatic carbocycles. The van der Waals surface area contributed by atoms with Crippen molar-refractivity contribution in [1.29, 1.82) is 0 Å². The quantitative estimate of drug-likeness (QED) is 0.138. The number of benzene rings is 9. The fourth-order valence-corrected chi connectivity index (χ4v) is 8.60. The van der Waals surface area contributed by atoms with E-state index in [2.05, 4.69) is 206 Å². The molecule has 0 fully saturated rings. The van der Waals surface area contributed by atoms with Gasteiger partial charge in [0.05, 0.1) is 11.0 Å². The van der Waals surface area contributed by atoms with Crippen LogP contribution in [0.15, 0.2) is 231 Å². The Balaban J connectivity index is 0.816. The van der Waals surface area contributed by atoms with Crippen LogP contribution in [0, 0.1) is 0 Å². The van der Waals surface area contributed by atoms with Gasteiger partial charge in [-0.15, -0.1) is 0 Å². The highest BCUT2D eigenvalue weighted by Gasteiger charge is 2.15. The summed E-state index contributed by atoms with van der Waals surface area (Å²) in [6.07, 6.45) is 0.844. The van der Waals surface area contributed by atoms with Gasteiger partial charge in [-0.3, -0.25) is 4.57 Å². The second-order valence-electron chi connectivity index (χ2n) is 16.2. The molecule has 11 aromatic rings. The smallest absolute Gasteiger partial charge is 0.164 e. The van der Waals surface area contributed by atoms with Crippen LogP contribution in [0.25, 0.3) is 107 Å². The minimum Gasteiger partial charge on any atom is -0.296 e. The molecule has 0 unspecified atom stereocenters. The SMILES string of the molecule is CCc1nc2ccc(-c3ccccc3)cc2n1-c1ccc(-c2ccc(-c3ccc(-c4ccc(-c5nc(-c6ccccc6)nc(-c6cccc(-c7ccccc7)c6)n5)cc4)cc3)cc2)cc1. The normalized spacial score (nSPS) is 11.2. The van der Waals surface area contributed by atoms with Crippen molar-refractivity contribution in [1.82, 2.24) is 24.5 Å². The number of aryl methyl sites for hydroxylation is 1. The maximum Gasteiger partial charge on any atom is 0.164 e. The molecule has 0 bridgehead atoms. The first-order valence-electron chi connectivity index (χ1n) is 22.1. The van der Waals surface area contributed by atoms with Gasteiger partial charge in [0.1, 0.15) is 5.82 Å². The Bertz CT molecular complexity index is 3400. The zero-order chi connectivity index (χ0) is 43.5. The van der Waals surface area contributed by atoms with Gasteiger partial charge in [-0.1, -0.05) is 207 Å². The Hall–Kier alpha value is -8.54. The predicted octanol–water partition coefficient (Wildman–Crippen LogP) is 15.1. The Morgan fingerprint density at radius 2 is 0.631 bits per heavy atom. The lowest BCUT2D eigenvalue weighted by Gasteiger charge is -2.11. The van der Waals surface area contributed by atoms with Gasteiger partial charge in [-0.05, 0) is 86.0 Å². The molecule has 0 amide bonds. The monoisotopic (exact) mass is 833 g/mol. The molecule has 0 aliphatic rings. The topological polar surface area (TPSA) is 56.5 Å². The Kier molecular flexibility index (Phi) is 10.5. The third-order valence-corrected chi connectivity index (χ3v) is 12.1. The zero-order valence-electron chi connectivity index (χ0n) is 35.9. The van der Waals surface area contributed by atoms with E-state index in [1.165, 1.54) is 33.4 Å². The highest BCUT2D eigenvalue weighted by atomic mass is 15.1. The first kappa shape index (κ1) is 39.3. The molecule has 308 valence electrons. The van der Waals surface area contributed by atoms with Crippen LogP contribution in [-0.2, 0) is 6.42 Å². The van der Waals surface area contributed by atoms with Gasteiger partial charge in [-0.25, -0.2) is 19.9 Å². The van der Waals surface area contributed by atoms with Gasteiger partial charge in [0.2, 0.25) is 0 Å². The minimum absolute atomic E-state index is 0.635. The number of rotatable bonds is 10. The number of aromatic nitrogens is 5. The molecule has 2 aromatic heterocycles. The van der Waals surface area contributed by atoms with E-state index in [0.29, 0.717) is 17.5 Å². The van der Waals surface area contributed by atoms with E-state index >= 15 is 0 Å². The van der Waals surface area contributed by atoms with Crippen LogP contribution < -0.4 is 0 Å². The predicted molar refractivity (Wildman–Crippen MR) is 267 cm³/mol. The van der Waals surface area contributed by atoms with Crippen LogP contribution in [0.1, 0.15) is 12.7 Å². The molecule has 5 nitrogen and oxygen atoms in total.